The molecule has 0 unspecified atom stereocenters. The standard InChI is InChI=1S/C16H16BrN3S/c1-10-5-15(13-7-12(18)3-4-14(13)19-10)20(2)8-11-6-16(17)21-9-11/h3-7,9H,8,18H2,1-2H3. The van der Waals surface area contributed by atoms with Crippen LogP contribution in [0, 0.1) is 6.92 Å². The fourth-order valence-corrected chi connectivity index (χ4v) is 3.66. The molecular formula is C16H16BrN3S. The van der Waals surface area contributed by atoms with Gasteiger partial charge in [-0.15, -0.1) is 11.3 Å². The number of halogens is 1. The number of nitrogen functional groups attached to an aromatic ring is 1. The Balaban J connectivity index is 2.03. The SMILES string of the molecule is Cc1cc(N(C)Cc2csc(Br)c2)c2cc(N)ccc2n1. The molecule has 0 amide bonds. The van der Waals surface area contributed by atoms with Gasteiger partial charge in [0.25, 0.3) is 0 Å². The van der Waals surface area contributed by atoms with Crippen LogP contribution >= 0.6 is 27.3 Å². The number of aromatic nitrogens is 1. The van der Waals surface area contributed by atoms with E-state index in [-0.39, 0.29) is 0 Å². The maximum Gasteiger partial charge on any atom is 0.0727 e. The van der Waals surface area contributed by atoms with E-state index in [1.807, 2.05) is 25.1 Å². The molecule has 0 aliphatic carbocycles. The highest BCUT2D eigenvalue weighted by molar-refractivity contribution is 9.11. The van der Waals surface area contributed by atoms with Gasteiger partial charge in [-0.2, -0.15) is 0 Å². The Morgan fingerprint density at radius 1 is 1.29 bits per heavy atom. The summed E-state index contributed by atoms with van der Waals surface area (Å²) < 4.78 is 1.16. The largest absolute Gasteiger partial charge is 0.399 e. The molecule has 0 spiro atoms. The number of rotatable bonds is 3. The highest BCUT2D eigenvalue weighted by Gasteiger charge is 2.10. The van der Waals surface area contributed by atoms with Crippen LogP contribution in [0.2, 0.25) is 0 Å². The molecule has 5 heteroatoms. The summed E-state index contributed by atoms with van der Waals surface area (Å²) in [6.45, 7) is 2.88. The molecule has 0 saturated carbocycles. The van der Waals surface area contributed by atoms with Gasteiger partial charge in [-0.1, -0.05) is 0 Å². The molecule has 2 aromatic heterocycles. The topological polar surface area (TPSA) is 42.1 Å². The molecule has 0 bridgehead atoms. The quantitative estimate of drug-likeness (QED) is 0.693. The molecule has 3 nitrogen and oxygen atoms in total. The van der Waals surface area contributed by atoms with E-state index in [0.717, 1.165) is 38.3 Å². The summed E-state index contributed by atoms with van der Waals surface area (Å²) in [6.07, 6.45) is 0. The van der Waals surface area contributed by atoms with Gasteiger partial charge in [-0.05, 0) is 64.1 Å². The molecule has 0 saturated heterocycles. The van der Waals surface area contributed by atoms with Crippen molar-refractivity contribution >= 4 is 49.5 Å². The van der Waals surface area contributed by atoms with E-state index in [1.165, 1.54) is 5.56 Å². The van der Waals surface area contributed by atoms with Crippen LogP contribution in [0.4, 0.5) is 11.4 Å². The molecule has 0 atom stereocenters. The smallest absolute Gasteiger partial charge is 0.0727 e. The Hall–Kier alpha value is -1.59. The van der Waals surface area contributed by atoms with Crippen LogP contribution in [0.15, 0.2) is 39.5 Å². The van der Waals surface area contributed by atoms with Gasteiger partial charge in [0.15, 0.2) is 0 Å². The molecule has 0 aliphatic heterocycles. The van der Waals surface area contributed by atoms with Crippen LogP contribution in [-0.2, 0) is 6.54 Å². The summed E-state index contributed by atoms with van der Waals surface area (Å²) >= 11 is 5.22. The highest BCUT2D eigenvalue weighted by atomic mass is 79.9. The van der Waals surface area contributed by atoms with Crippen LogP contribution in [0.25, 0.3) is 10.9 Å². The maximum absolute atomic E-state index is 5.94. The van der Waals surface area contributed by atoms with Gasteiger partial charge in [0, 0.05) is 36.0 Å². The first-order valence-corrected chi connectivity index (χ1v) is 8.31. The third-order valence-electron chi connectivity index (χ3n) is 3.39. The fraction of sp³-hybridized carbons (Fsp3) is 0.188. The van der Waals surface area contributed by atoms with E-state index < -0.39 is 0 Å². The van der Waals surface area contributed by atoms with Crippen molar-refractivity contribution in [1.29, 1.82) is 0 Å². The van der Waals surface area contributed by atoms with Crippen molar-refractivity contribution in [1.82, 2.24) is 4.98 Å². The summed E-state index contributed by atoms with van der Waals surface area (Å²) in [4.78, 5) is 6.82. The van der Waals surface area contributed by atoms with Crippen molar-refractivity contribution < 1.29 is 0 Å². The van der Waals surface area contributed by atoms with Gasteiger partial charge in [-0.3, -0.25) is 4.98 Å². The average molecular weight is 362 g/mol. The van der Waals surface area contributed by atoms with E-state index in [2.05, 4.69) is 50.4 Å². The van der Waals surface area contributed by atoms with Gasteiger partial charge in [0.2, 0.25) is 0 Å². The van der Waals surface area contributed by atoms with Crippen LogP contribution in [-0.4, -0.2) is 12.0 Å². The summed E-state index contributed by atoms with van der Waals surface area (Å²) in [6, 6.07) is 10.1. The minimum atomic E-state index is 0.765. The normalized spacial score (nSPS) is 11.0. The summed E-state index contributed by atoms with van der Waals surface area (Å²) in [5.41, 5.74) is 11.2. The second-order valence-electron chi connectivity index (χ2n) is 5.17. The van der Waals surface area contributed by atoms with Gasteiger partial charge in [-0.25, -0.2) is 0 Å². The van der Waals surface area contributed by atoms with E-state index in [9.17, 15) is 0 Å². The fourth-order valence-electron chi connectivity index (χ4n) is 2.46. The van der Waals surface area contributed by atoms with Crippen molar-refractivity contribution in [3.8, 4) is 0 Å². The first-order chi connectivity index (χ1) is 10.0. The third kappa shape index (κ3) is 3.04. The molecule has 0 radical (unpaired) electrons. The molecule has 21 heavy (non-hydrogen) atoms. The summed E-state index contributed by atoms with van der Waals surface area (Å²) in [5.74, 6) is 0. The monoisotopic (exact) mass is 361 g/mol. The number of anilines is 2. The minimum Gasteiger partial charge on any atom is -0.399 e. The zero-order valence-corrected chi connectivity index (χ0v) is 14.3. The molecule has 2 heterocycles. The number of benzene rings is 1. The van der Waals surface area contributed by atoms with Crippen LogP contribution in [0.5, 0.6) is 0 Å². The van der Waals surface area contributed by atoms with Gasteiger partial charge >= 0.3 is 0 Å². The molecule has 108 valence electrons. The van der Waals surface area contributed by atoms with Crippen molar-refractivity contribution in [3.63, 3.8) is 0 Å². The van der Waals surface area contributed by atoms with E-state index in [1.54, 1.807) is 11.3 Å². The van der Waals surface area contributed by atoms with Crippen molar-refractivity contribution in [2.75, 3.05) is 17.7 Å². The lowest BCUT2D eigenvalue weighted by Gasteiger charge is -2.21. The zero-order valence-electron chi connectivity index (χ0n) is 11.9. The molecule has 2 N–H and O–H groups in total. The van der Waals surface area contributed by atoms with E-state index in [0.29, 0.717) is 0 Å². The first kappa shape index (κ1) is 14.4. The van der Waals surface area contributed by atoms with Gasteiger partial charge in [0.05, 0.1) is 9.30 Å². The molecule has 3 aromatic rings. The lowest BCUT2D eigenvalue weighted by Crippen LogP contribution is -2.16. The molecular weight excluding hydrogens is 346 g/mol. The second kappa shape index (κ2) is 5.66. The Kier molecular flexibility index (Phi) is 3.87. The number of nitrogens with zero attached hydrogens (tertiary/aromatic N) is 2. The molecule has 0 aliphatic rings. The highest BCUT2D eigenvalue weighted by Crippen LogP contribution is 2.30. The number of fused-ring (bicyclic) bond motifs is 1. The Bertz CT molecular complexity index is 797. The number of nitrogens with two attached hydrogens (primary N) is 1. The average Bonchev–Trinajstić information content (AvgIpc) is 2.83. The lowest BCUT2D eigenvalue weighted by atomic mass is 10.1. The maximum atomic E-state index is 5.94. The van der Waals surface area contributed by atoms with Crippen molar-refractivity contribution in [2.24, 2.45) is 0 Å². The first-order valence-electron chi connectivity index (χ1n) is 6.64. The van der Waals surface area contributed by atoms with Gasteiger partial charge in [0.1, 0.15) is 0 Å². The molecule has 0 fully saturated rings. The number of thiophene rings is 1. The molecule has 1 aromatic carbocycles. The van der Waals surface area contributed by atoms with Crippen molar-refractivity contribution in [2.45, 2.75) is 13.5 Å². The van der Waals surface area contributed by atoms with Crippen molar-refractivity contribution in [3.05, 3.63) is 50.8 Å². The predicted octanol–water partition coefficient (Wildman–Crippen LogP) is 4.59. The van der Waals surface area contributed by atoms with E-state index in [4.69, 9.17) is 5.73 Å². The van der Waals surface area contributed by atoms with Crippen LogP contribution < -0.4 is 10.6 Å². The number of hydrogen-bond donors (Lipinski definition) is 1. The van der Waals surface area contributed by atoms with Gasteiger partial charge < -0.3 is 10.6 Å². The predicted molar refractivity (Wildman–Crippen MR) is 95.0 cm³/mol. The third-order valence-corrected chi connectivity index (χ3v) is 4.95. The van der Waals surface area contributed by atoms with Crippen LogP contribution in [0.1, 0.15) is 11.3 Å². The number of hydrogen-bond acceptors (Lipinski definition) is 4. The molecule has 3 rings (SSSR count). The number of pyridine rings is 1. The Morgan fingerprint density at radius 3 is 2.81 bits per heavy atom. The minimum absolute atomic E-state index is 0.765. The lowest BCUT2D eigenvalue weighted by molar-refractivity contribution is 0.929. The van der Waals surface area contributed by atoms with Crippen LogP contribution in [0.3, 0.4) is 0 Å². The number of aryl methyl sites for hydroxylation is 1. The summed E-state index contributed by atoms with van der Waals surface area (Å²) in [7, 11) is 2.10. The zero-order chi connectivity index (χ0) is 15.0. The second-order valence-corrected chi connectivity index (χ2v) is 7.46. The Morgan fingerprint density at radius 2 is 2.10 bits per heavy atom. The summed E-state index contributed by atoms with van der Waals surface area (Å²) in [5, 5.41) is 3.27. The Labute approximate surface area is 136 Å². The van der Waals surface area contributed by atoms with E-state index >= 15 is 0 Å².